The van der Waals surface area contributed by atoms with Crippen molar-refractivity contribution in [3.05, 3.63) is 68.9 Å². The van der Waals surface area contributed by atoms with Crippen LogP contribution in [-0.4, -0.2) is 19.6 Å². The second-order valence-electron chi connectivity index (χ2n) is 6.50. The van der Waals surface area contributed by atoms with E-state index >= 15 is 0 Å². The molecule has 0 fully saturated rings. The lowest BCUT2D eigenvalue weighted by Crippen LogP contribution is -2.30. The van der Waals surface area contributed by atoms with Crippen molar-refractivity contribution >= 4 is 45.8 Å². The average molecular weight is 472 g/mol. The van der Waals surface area contributed by atoms with E-state index in [1.807, 2.05) is 24.4 Å². The van der Waals surface area contributed by atoms with Gasteiger partial charge in [0.2, 0.25) is 0 Å². The molecule has 0 bridgehead atoms. The van der Waals surface area contributed by atoms with E-state index in [2.05, 4.69) is 68.6 Å². The number of methoxy groups -OCH3 is 1. The number of fused-ring (bicyclic) bond motifs is 1. The maximum Gasteiger partial charge on any atom is 0.194 e. The number of halogens is 1. The molecule has 1 aliphatic carbocycles. The summed E-state index contributed by atoms with van der Waals surface area (Å²) < 4.78 is 6.61. The number of ether oxygens (including phenoxy) is 1. The lowest BCUT2D eigenvalue weighted by Gasteiger charge is -2.27. The van der Waals surface area contributed by atoms with Crippen molar-refractivity contribution in [1.29, 1.82) is 0 Å². The lowest BCUT2D eigenvalue weighted by molar-refractivity contribution is 0.416. The molecule has 0 radical (unpaired) electrons. The highest BCUT2D eigenvalue weighted by atomic mass is 127. The Morgan fingerprint density at radius 2 is 2.19 bits per heavy atom. The SMILES string of the molecule is COc1cc(I)ccc1NC1N=Cc2cccc(C3=CC(N)=CCC3)c2N1. The third-order valence-electron chi connectivity index (χ3n) is 4.68. The van der Waals surface area contributed by atoms with Crippen molar-refractivity contribution in [2.24, 2.45) is 10.7 Å². The van der Waals surface area contributed by atoms with E-state index in [4.69, 9.17) is 10.5 Å². The molecule has 4 rings (SSSR count). The van der Waals surface area contributed by atoms with Crippen molar-refractivity contribution in [2.75, 3.05) is 17.7 Å². The molecule has 1 atom stereocenters. The largest absolute Gasteiger partial charge is 0.495 e. The van der Waals surface area contributed by atoms with Gasteiger partial charge in [-0.15, -0.1) is 0 Å². The van der Waals surface area contributed by atoms with Crippen molar-refractivity contribution in [1.82, 2.24) is 0 Å². The van der Waals surface area contributed by atoms with Crippen LogP contribution in [0.25, 0.3) is 5.57 Å². The van der Waals surface area contributed by atoms with Gasteiger partial charge in [-0.3, -0.25) is 0 Å². The molecule has 0 saturated heterocycles. The molecule has 6 heteroatoms. The molecule has 27 heavy (non-hydrogen) atoms. The number of para-hydroxylation sites is 1. The smallest absolute Gasteiger partial charge is 0.194 e. The molecule has 2 aromatic rings. The number of benzene rings is 2. The number of anilines is 2. The lowest BCUT2D eigenvalue weighted by atomic mass is 9.93. The first-order chi connectivity index (χ1) is 13.1. The van der Waals surface area contributed by atoms with E-state index in [0.29, 0.717) is 0 Å². The number of allylic oxidation sites excluding steroid dienone is 3. The second kappa shape index (κ2) is 7.64. The quantitative estimate of drug-likeness (QED) is 0.571. The van der Waals surface area contributed by atoms with Crippen LogP contribution in [0.2, 0.25) is 0 Å². The number of nitrogens with two attached hydrogens (primary N) is 1. The first-order valence-corrected chi connectivity index (χ1v) is 9.91. The summed E-state index contributed by atoms with van der Waals surface area (Å²) in [7, 11) is 1.68. The fraction of sp³-hybridized carbons (Fsp3) is 0.190. The Labute approximate surface area is 172 Å². The standard InChI is InChI=1S/C21H21IN4O/c1-27-19-11-15(22)8-9-18(19)25-21-24-12-14-5-3-7-17(20(14)26-21)13-4-2-6-16(23)10-13/h3,5-12,21,25-26H,2,4,23H2,1H3. The van der Waals surface area contributed by atoms with Gasteiger partial charge in [0.25, 0.3) is 0 Å². The van der Waals surface area contributed by atoms with Crippen LogP contribution in [0, 0.1) is 3.57 Å². The molecule has 138 valence electrons. The van der Waals surface area contributed by atoms with Crippen LogP contribution in [0.3, 0.4) is 0 Å². The highest BCUT2D eigenvalue weighted by Gasteiger charge is 2.20. The molecule has 0 spiro atoms. The van der Waals surface area contributed by atoms with Crippen LogP contribution in [0.5, 0.6) is 5.75 Å². The summed E-state index contributed by atoms with van der Waals surface area (Å²) >= 11 is 2.27. The molecular weight excluding hydrogens is 451 g/mol. The van der Waals surface area contributed by atoms with Gasteiger partial charge < -0.3 is 21.1 Å². The number of rotatable bonds is 4. The molecule has 0 aromatic heterocycles. The van der Waals surface area contributed by atoms with E-state index in [1.54, 1.807) is 7.11 Å². The summed E-state index contributed by atoms with van der Waals surface area (Å²) in [5.74, 6) is 0.797. The molecule has 5 nitrogen and oxygen atoms in total. The third kappa shape index (κ3) is 3.80. The Bertz CT molecular complexity index is 965. The Morgan fingerprint density at radius 3 is 3.00 bits per heavy atom. The number of aliphatic imine (C=N–C) groups is 1. The highest BCUT2D eigenvalue weighted by Crippen LogP contribution is 2.35. The first-order valence-electron chi connectivity index (χ1n) is 8.83. The van der Waals surface area contributed by atoms with Crippen LogP contribution in [-0.2, 0) is 0 Å². The Hall–Kier alpha value is -2.48. The molecule has 1 heterocycles. The van der Waals surface area contributed by atoms with Gasteiger partial charge in [-0.25, -0.2) is 4.99 Å². The zero-order valence-electron chi connectivity index (χ0n) is 15.0. The molecule has 2 aliphatic rings. The topological polar surface area (TPSA) is 71.7 Å². The minimum absolute atomic E-state index is 0.273. The molecule has 1 unspecified atom stereocenters. The van der Waals surface area contributed by atoms with Gasteiger partial charge in [0.1, 0.15) is 5.75 Å². The van der Waals surface area contributed by atoms with Crippen molar-refractivity contribution in [3.63, 3.8) is 0 Å². The minimum Gasteiger partial charge on any atom is -0.495 e. The predicted octanol–water partition coefficient (Wildman–Crippen LogP) is 4.56. The van der Waals surface area contributed by atoms with Gasteiger partial charge >= 0.3 is 0 Å². The second-order valence-corrected chi connectivity index (χ2v) is 7.74. The summed E-state index contributed by atoms with van der Waals surface area (Å²) in [4.78, 5) is 4.60. The van der Waals surface area contributed by atoms with Crippen molar-refractivity contribution in [3.8, 4) is 5.75 Å². The number of hydrogen-bond acceptors (Lipinski definition) is 5. The zero-order valence-corrected chi connectivity index (χ0v) is 17.2. The van der Waals surface area contributed by atoms with Gasteiger partial charge in [0, 0.05) is 26.6 Å². The van der Waals surface area contributed by atoms with Gasteiger partial charge in [-0.2, -0.15) is 0 Å². The minimum atomic E-state index is -0.273. The maximum atomic E-state index is 6.02. The van der Waals surface area contributed by atoms with Crippen LogP contribution >= 0.6 is 22.6 Å². The summed E-state index contributed by atoms with van der Waals surface area (Å²) in [6.07, 6.45) is 7.73. The van der Waals surface area contributed by atoms with Crippen LogP contribution in [0.1, 0.15) is 24.0 Å². The molecule has 0 saturated carbocycles. The van der Waals surface area contributed by atoms with Crippen LogP contribution in [0.4, 0.5) is 11.4 Å². The third-order valence-corrected chi connectivity index (χ3v) is 5.35. The zero-order chi connectivity index (χ0) is 18.8. The number of nitrogens with one attached hydrogen (secondary N) is 2. The van der Waals surface area contributed by atoms with Crippen molar-refractivity contribution < 1.29 is 4.74 Å². The monoisotopic (exact) mass is 472 g/mol. The fourth-order valence-corrected chi connectivity index (χ4v) is 3.84. The van der Waals surface area contributed by atoms with Gasteiger partial charge in [-0.1, -0.05) is 24.3 Å². The highest BCUT2D eigenvalue weighted by molar-refractivity contribution is 14.1. The molecule has 1 aliphatic heterocycles. The Balaban J connectivity index is 1.63. The fourth-order valence-electron chi connectivity index (χ4n) is 3.38. The molecule has 0 amide bonds. The van der Waals surface area contributed by atoms with Gasteiger partial charge in [-0.05, 0) is 65.3 Å². The summed E-state index contributed by atoms with van der Waals surface area (Å²) in [5.41, 5.74) is 12.3. The molecule has 2 aromatic carbocycles. The summed E-state index contributed by atoms with van der Waals surface area (Å²) in [5, 5.41) is 6.94. The summed E-state index contributed by atoms with van der Waals surface area (Å²) in [6.45, 7) is 0. The normalized spacial score (nSPS) is 18.1. The Kier molecular flexibility index (Phi) is 5.07. The number of nitrogens with zero attached hydrogens (tertiary/aromatic N) is 1. The molecule has 4 N–H and O–H groups in total. The maximum absolute atomic E-state index is 6.02. The van der Waals surface area contributed by atoms with Gasteiger partial charge in [0.15, 0.2) is 6.29 Å². The van der Waals surface area contributed by atoms with E-state index in [1.165, 1.54) is 11.1 Å². The van der Waals surface area contributed by atoms with E-state index in [9.17, 15) is 0 Å². The first kappa shape index (κ1) is 17.9. The average Bonchev–Trinajstić information content (AvgIpc) is 2.69. The van der Waals surface area contributed by atoms with E-state index in [0.717, 1.165) is 44.8 Å². The van der Waals surface area contributed by atoms with E-state index in [-0.39, 0.29) is 6.29 Å². The molecular formula is C21H21IN4O. The summed E-state index contributed by atoms with van der Waals surface area (Å²) in [6, 6.07) is 12.3. The Morgan fingerprint density at radius 1 is 1.30 bits per heavy atom. The van der Waals surface area contributed by atoms with Gasteiger partial charge in [0.05, 0.1) is 18.5 Å². The van der Waals surface area contributed by atoms with E-state index < -0.39 is 0 Å². The van der Waals surface area contributed by atoms with Crippen LogP contribution in [0.15, 0.2) is 59.2 Å². The van der Waals surface area contributed by atoms with Crippen LogP contribution < -0.4 is 21.1 Å². The number of hydrogen-bond donors (Lipinski definition) is 3. The van der Waals surface area contributed by atoms with Crippen molar-refractivity contribution in [2.45, 2.75) is 19.1 Å². The predicted molar refractivity (Wildman–Crippen MR) is 120 cm³/mol.